The lowest BCUT2D eigenvalue weighted by molar-refractivity contribution is -0.139. The van der Waals surface area contributed by atoms with Gasteiger partial charge in [-0.25, -0.2) is 9.97 Å². The number of carbonyl (C=O) groups is 1. The fourth-order valence-corrected chi connectivity index (χ4v) is 5.65. The summed E-state index contributed by atoms with van der Waals surface area (Å²) in [4.78, 5) is 26.9. The van der Waals surface area contributed by atoms with E-state index in [-0.39, 0.29) is 0 Å². The highest BCUT2D eigenvalue weighted by molar-refractivity contribution is 6.06. The van der Waals surface area contributed by atoms with Crippen LogP contribution in [0.25, 0.3) is 33.2 Å². The van der Waals surface area contributed by atoms with E-state index in [0.29, 0.717) is 18.7 Å². The molecule has 1 N–H and O–H groups in total. The number of benzene rings is 1. The van der Waals surface area contributed by atoms with Crippen molar-refractivity contribution in [3.05, 3.63) is 47.0 Å². The second-order valence-corrected chi connectivity index (χ2v) is 9.02. The fourth-order valence-electron chi connectivity index (χ4n) is 5.65. The third kappa shape index (κ3) is 2.95. The van der Waals surface area contributed by atoms with Crippen LogP contribution in [-0.2, 0) is 24.2 Å². The second-order valence-electron chi connectivity index (χ2n) is 9.02. The summed E-state index contributed by atoms with van der Waals surface area (Å²) in [5.41, 5.74) is 7.06. The number of fused-ring (bicyclic) bond motifs is 3. The molecule has 2 aliphatic heterocycles. The summed E-state index contributed by atoms with van der Waals surface area (Å²) in [6.45, 7) is 5.46. The Morgan fingerprint density at radius 2 is 2.12 bits per heavy atom. The molecule has 0 saturated carbocycles. The quantitative estimate of drug-likeness (QED) is 0.477. The highest BCUT2D eigenvalue weighted by Gasteiger charge is 2.32. The molecule has 5 heterocycles. The molecule has 3 aromatic heterocycles. The zero-order chi connectivity index (χ0) is 22.7. The number of ether oxygens (including phenoxy) is 1. The lowest BCUT2D eigenvalue weighted by atomic mass is 9.85. The molecule has 0 amide bonds. The van der Waals surface area contributed by atoms with Gasteiger partial charge in [0.1, 0.15) is 11.6 Å². The Morgan fingerprint density at radius 1 is 1.24 bits per heavy atom. The highest BCUT2D eigenvalue weighted by Crippen LogP contribution is 2.44. The molecule has 0 aliphatic carbocycles. The number of aliphatic carboxylic acids is 1. The van der Waals surface area contributed by atoms with Gasteiger partial charge in [0.15, 0.2) is 5.65 Å². The monoisotopic (exact) mass is 442 g/mol. The van der Waals surface area contributed by atoms with E-state index in [4.69, 9.17) is 19.7 Å². The van der Waals surface area contributed by atoms with Crippen LogP contribution < -0.4 is 4.74 Å². The standard InChI is InChI=1S/C26H26N4O3/c1-3-5-17(26(31)32)20-14(2)28-25-24(30-12-4-6-19(30)29-25)22(20)16-7-8-18-21-15(10-13-33-18)9-11-27-23(16)21/h7-9,11,17H,3-6,10,12-13H2,1-2H3,(H,31,32). The van der Waals surface area contributed by atoms with E-state index in [1.165, 1.54) is 5.56 Å². The van der Waals surface area contributed by atoms with Crippen LogP contribution in [0.5, 0.6) is 5.75 Å². The number of carboxylic acids is 1. The zero-order valence-corrected chi connectivity index (χ0v) is 18.9. The first-order valence-electron chi connectivity index (χ1n) is 11.7. The molecular weight excluding hydrogens is 416 g/mol. The van der Waals surface area contributed by atoms with Gasteiger partial charge in [-0.1, -0.05) is 13.3 Å². The third-order valence-corrected chi connectivity index (χ3v) is 7.04. The van der Waals surface area contributed by atoms with E-state index in [1.54, 1.807) is 0 Å². The first-order chi connectivity index (χ1) is 16.1. The molecule has 0 spiro atoms. The van der Waals surface area contributed by atoms with Crippen LogP contribution in [0.1, 0.15) is 54.7 Å². The van der Waals surface area contributed by atoms with Crippen molar-refractivity contribution in [1.82, 2.24) is 19.5 Å². The van der Waals surface area contributed by atoms with Crippen molar-refractivity contribution in [2.24, 2.45) is 0 Å². The summed E-state index contributed by atoms with van der Waals surface area (Å²) < 4.78 is 8.18. The summed E-state index contributed by atoms with van der Waals surface area (Å²) in [5.74, 6) is 0.407. The second kappa shape index (κ2) is 7.54. The molecule has 6 rings (SSSR count). The van der Waals surface area contributed by atoms with Crippen molar-refractivity contribution in [2.45, 2.75) is 58.4 Å². The minimum absolute atomic E-state index is 0.551. The minimum atomic E-state index is -0.817. The SMILES string of the molecule is CCCC(C(=O)O)c1c(C)nc2nc3n(c2c1-c1ccc2c4c(ccnc14)CCO2)CCC3. The van der Waals surface area contributed by atoms with Gasteiger partial charge < -0.3 is 14.4 Å². The van der Waals surface area contributed by atoms with Gasteiger partial charge in [0.2, 0.25) is 0 Å². The maximum atomic E-state index is 12.5. The van der Waals surface area contributed by atoms with Gasteiger partial charge in [0, 0.05) is 47.8 Å². The Labute approximate surface area is 191 Å². The largest absolute Gasteiger partial charge is 0.493 e. The zero-order valence-electron chi connectivity index (χ0n) is 18.9. The number of aromatic nitrogens is 4. The number of nitrogens with zero attached hydrogens (tertiary/aromatic N) is 4. The molecule has 0 radical (unpaired) electrons. The number of hydrogen-bond acceptors (Lipinski definition) is 5. The Balaban J connectivity index is 1.77. The third-order valence-electron chi connectivity index (χ3n) is 7.04. The van der Waals surface area contributed by atoms with Crippen molar-refractivity contribution in [3.63, 3.8) is 0 Å². The van der Waals surface area contributed by atoms with Gasteiger partial charge >= 0.3 is 5.97 Å². The lowest BCUT2D eigenvalue weighted by Crippen LogP contribution is -2.16. The molecule has 1 unspecified atom stereocenters. The van der Waals surface area contributed by atoms with Gasteiger partial charge in [-0.3, -0.25) is 9.78 Å². The molecule has 1 aromatic carbocycles. The molecule has 0 bridgehead atoms. The Hall–Kier alpha value is -3.48. The van der Waals surface area contributed by atoms with Crippen LogP contribution in [0.2, 0.25) is 0 Å². The highest BCUT2D eigenvalue weighted by atomic mass is 16.5. The maximum Gasteiger partial charge on any atom is 0.311 e. The van der Waals surface area contributed by atoms with E-state index in [9.17, 15) is 9.90 Å². The Bertz CT molecular complexity index is 1430. The molecule has 0 saturated heterocycles. The van der Waals surface area contributed by atoms with E-state index in [1.807, 2.05) is 32.2 Å². The number of aryl methyl sites for hydroxylation is 3. The Kier molecular flexibility index (Phi) is 4.60. The number of imidazole rings is 1. The number of rotatable bonds is 5. The first-order valence-corrected chi connectivity index (χ1v) is 11.7. The number of carboxylic acid groups (broad SMARTS) is 1. The minimum Gasteiger partial charge on any atom is -0.493 e. The van der Waals surface area contributed by atoms with Crippen molar-refractivity contribution >= 4 is 28.0 Å². The molecule has 0 fully saturated rings. The van der Waals surface area contributed by atoms with Crippen LogP contribution in [0.15, 0.2) is 24.4 Å². The number of pyridine rings is 2. The summed E-state index contributed by atoms with van der Waals surface area (Å²) in [6, 6.07) is 6.10. The van der Waals surface area contributed by atoms with E-state index in [2.05, 4.69) is 10.6 Å². The van der Waals surface area contributed by atoms with Gasteiger partial charge in [0.05, 0.1) is 23.6 Å². The van der Waals surface area contributed by atoms with Gasteiger partial charge in [-0.15, -0.1) is 0 Å². The van der Waals surface area contributed by atoms with Crippen molar-refractivity contribution in [3.8, 4) is 16.9 Å². The summed E-state index contributed by atoms with van der Waals surface area (Å²) in [5, 5.41) is 11.3. The molecular formula is C26H26N4O3. The summed E-state index contributed by atoms with van der Waals surface area (Å²) in [7, 11) is 0. The average molecular weight is 443 g/mol. The first kappa shape index (κ1) is 20.1. The van der Waals surface area contributed by atoms with Crippen LogP contribution in [-0.4, -0.2) is 37.2 Å². The van der Waals surface area contributed by atoms with Gasteiger partial charge in [-0.2, -0.15) is 0 Å². The van der Waals surface area contributed by atoms with Gasteiger partial charge in [0.25, 0.3) is 0 Å². The molecule has 33 heavy (non-hydrogen) atoms. The van der Waals surface area contributed by atoms with E-state index < -0.39 is 11.9 Å². The molecule has 168 valence electrons. The smallest absolute Gasteiger partial charge is 0.311 e. The normalized spacial score (nSPS) is 15.6. The van der Waals surface area contributed by atoms with Gasteiger partial charge in [-0.05, 0) is 49.1 Å². The predicted octanol–water partition coefficient (Wildman–Crippen LogP) is 4.80. The molecule has 7 heteroatoms. The van der Waals surface area contributed by atoms with E-state index in [0.717, 1.165) is 82.6 Å². The number of hydrogen-bond donors (Lipinski definition) is 1. The molecule has 2 aliphatic rings. The Morgan fingerprint density at radius 3 is 2.94 bits per heavy atom. The molecule has 7 nitrogen and oxygen atoms in total. The van der Waals surface area contributed by atoms with Crippen LogP contribution in [0, 0.1) is 6.92 Å². The van der Waals surface area contributed by atoms with Crippen molar-refractivity contribution < 1.29 is 14.6 Å². The lowest BCUT2D eigenvalue weighted by Gasteiger charge is -2.23. The average Bonchev–Trinajstić information content (AvgIpc) is 3.39. The van der Waals surface area contributed by atoms with Crippen LogP contribution >= 0.6 is 0 Å². The maximum absolute atomic E-state index is 12.5. The summed E-state index contributed by atoms with van der Waals surface area (Å²) in [6.07, 6.45) is 5.96. The topological polar surface area (TPSA) is 90.1 Å². The predicted molar refractivity (Wildman–Crippen MR) is 126 cm³/mol. The van der Waals surface area contributed by atoms with Crippen LogP contribution in [0.4, 0.5) is 0 Å². The fraction of sp³-hybridized carbons (Fsp3) is 0.385. The summed E-state index contributed by atoms with van der Waals surface area (Å²) >= 11 is 0. The molecule has 4 aromatic rings. The van der Waals surface area contributed by atoms with Crippen molar-refractivity contribution in [2.75, 3.05) is 6.61 Å². The van der Waals surface area contributed by atoms with E-state index >= 15 is 0 Å². The van der Waals surface area contributed by atoms with Crippen molar-refractivity contribution in [1.29, 1.82) is 0 Å². The molecule has 1 atom stereocenters. The van der Waals surface area contributed by atoms with Crippen LogP contribution in [0.3, 0.4) is 0 Å².